The van der Waals surface area contributed by atoms with E-state index in [2.05, 4.69) is 21.2 Å². The van der Waals surface area contributed by atoms with Crippen molar-refractivity contribution in [3.63, 3.8) is 0 Å². The Bertz CT molecular complexity index is 1560. The fourth-order valence-corrected chi connectivity index (χ4v) is 6.15. The van der Waals surface area contributed by atoms with Crippen molar-refractivity contribution in [2.24, 2.45) is 0 Å². The summed E-state index contributed by atoms with van der Waals surface area (Å²) < 4.78 is 29.8. The van der Waals surface area contributed by atoms with Gasteiger partial charge in [0.25, 0.3) is 10.0 Å². The molecule has 0 aromatic heterocycles. The molecule has 0 unspecified atom stereocenters. The standard InChI is InChI=1S/C32H32BrN3O4S/c1-24-13-19-29(20-14-24)41(39,40)36(28-11-7-4-8-12-28)23-31(37)35(22-26-15-17-27(33)18-16-26)30(32(38)34-2)21-25-9-5-3-6-10-25/h3-20,30H,21-23H2,1-2H3,(H,34,38)/t30-/m0/s1. The minimum Gasteiger partial charge on any atom is -0.357 e. The lowest BCUT2D eigenvalue weighted by molar-refractivity contribution is -0.139. The van der Waals surface area contributed by atoms with Crippen LogP contribution in [0.2, 0.25) is 0 Å². The number of halogens is 1. The summed E-state index contributed by atoms with van der Waals surface area (Å²) in [6.45, 7) is 1.50. The van der Waals surface area contributed by atoms with Gasteiger partial charge >= 0.3 is 0 Å². The Morgan fingerprint density at radius 2 is 1.39 bits per heavy atom. The molecule has 0 radical (unpaired) electrons. The van der Waals surface area contributed by atoms with Crippen LogP contribution in [0.15, 0.2) is 119 Å². The van der Waals surface area contributed by atoms with Gasteiger partial charge in [-0.3, -0.25) is 13.9 Å². The summed E-state index contributed by atoms with van der Waals surface area (Å²) in [6, 6.07) is 31.1. The van der Waals surface area contributed by atoms with E-state index >= 15 is 0 Å². The molecule has 0 saturated carbocycles. The first-order valence-corrected chi connectivity index (χ1v) is 15.4. The van der Waals surface area contributed by atoms with Crippen LogP contribution in [0.25, 0.3) is 0 Å². The Kier molecular flexibility index (Phi) is 9.96. The SMILES string of the molecule is CNC(=O)[C@H](Cc1ccccc1)N(Cc1ccc(Br)cc1)C(=O)CN(c1ccccc1)S(=O)(=O)c1ccc(C)cc1. The number of likely N-dealkylation sites (N-methyl/N-ethyl adjacent to an activating group) is 1. The van der Waals surface area contributed by atoms with E-state index in [1.54, 1.807) is 42.5 Å². The molecule has 0 aliphatic rings. The van der Waals surface area contributed by atoms with Gasteiger partial charge in [0.05, 0.1) is 10.6 Å². The number of hydrogen-bond acceptors (Lipinski definition) is 4. The zero-order valence-electron chi connectivity index (χ0n) is 22.9. The van der Waals surface area contributed by atoms with Crippen LogP contribution in [-0.4, -0.2) is 44.8 Å². The number of carbonyl (C=O) groups is 2. The van der Waals surface area contributed by atoms with Gasteiger partial charge in [0.1, 0.15) is 12.6 Å². The summed E-state index contributed by atoms with van der Waals surface area (Å²) in [6.07, 6.45) is 0.263. The Labute approximate surface area is 250 Å². The number of aryl methyl sites for hydroxylation is 1. The minimum atomic E-state index is -4.11. The molecular formula is C32H32BrN3O4S. The molecule has 0 saturated heterocycles. The van der Waals surface area contributed by atoms with E-state index in [0.29, 0.717) is 5.69 Å². The Balaban J connectivity index is 1.76. The van der Waals surface area contributed by atoms with E-state index in [1.165, 1.54) is 24.1 Å². The summed E-state index contributed by atoms with van der Waals surface area (Å²) >= 11 is 3.44. The zero-order valence-corrected chi connectivity index (χ0v) is 25.3. The van der Waals surface area contributed by atoms with E-state index in [4.69, 9.17) is 0 Å². The summed E-state index contributed by atoms with van der Waals surface area (Å²) in [5, 5.41) is 2.69. The largest absolute Gasteiger partial charge is 0.357 e. The molecule has 4 aromatic carbocycles. The van der Waals surface area contributed by atoms with Crippen molar-refractivity contribution in [1.29, 1.82) is 0 Å². The molecule has 4 rings (SSSR count). The molecule has 0 aliphatic heterocycles. The summed E-state index contributed by atoms with van der Waals surface area (Å²) in [5.74, 6) is -0.844. The van der Waals surface area contributed by atoms with Gasteiger partial charge in [-0.2, -0.15) is 0 Å². The van der Waals surface area contributed by atoms with Crippen LogP contribution in [0.1, 0.15) is 16.7 Å². The van der Waals surface area contributed by atoms with Crippen molar-refractivity contribution in [3.8, 4) is 0 Å². The van der Waals surface area contributed by atoms with Crippen molar-refractivity contribution in [3.05, 3.63) is 130 Å². The van der Waals surface area contributed by atoms with Crippen molar-refractivity contribution in [2.45, 2.75) is 30.8 Å². The van der Waals surface area contributed by atoms with Gasteiger partial charge in [0.2, 0.25) is 11.8 Å². The predicted molar refractivity (Wildman–Crippen MR) is 165 cm³/mol. The first-order chi connectivity index (χ1) is 19.7. The first kappa shape index (κ1) is 30.0. The van der Waals surface area contributed by atoms with Crippen molar-refractivity contribution in [1.82, 2.24) is 10.2 Å². The Morgan fingerprint density at radius 3 is 1.98 bits per heavy atom. The highest BCUT2D eigenvalue weighted by molar-refractivity contribution is 9.10. The van der Waals surface area contributed by atoms with Gasteiger partial charge in [-0.05, 0) is 54.4 Å². The third-order valence-electron chi connectivity index (χ3n) is 6.72. The maximum absolute atomic E-state index is 14.2. The second-order valence-electron chi connectivity index (χ2n) is 9.63. The summed E-state index contributed by atoms with van der Waals surface area (Å²) in [5.41, 5.74) is 2.95. The van der Waals surface area contributed by atoms with Gasteiger partial charge < -0.3 is 10.2 Å². The molecule has 0 bridgehead atoms. The van der Waals surface area contributed by atoms with Crippen molar-refractivity contribution in [2.75, 3.05) is 17.9 Å². The number of anilines is 1. The lowest BCUT2D eigenvalue weighted by Crippen LogP contribution is -2.53. The van der Waals surface area contributed by atoms with Crippen LogP contribution in [0.5, 0.6) is 0 Å². The lowest BCUT2D eigenvalue weighted by atomic mass is 10.0. The highest BCUT2D eigenvalue weighted by Gasteiger charge is 2.34. The maximum Gasteiger partial charge on any atom is 0.264 e. The fourth-order valence-electron chi connectivity index (χ4n) is 4.47. The molecule has 1 N–H and O–H groups in total. The molecule has 9 heteroatoms. The number of amides is 2. The van der Waals surface area contributed by atoms with E-state index in [9.17, 15) is 18.0 Å². The number of rotatable bonds is 11. The third-order valence-corrected chi connectivity index (χ3v) is 9.03. The molecule has 212 valence electrons. The molecule has 0 fully saturated rings. The van der Waals surface area contributed by atoms with E-state index in [0.717, 1.165) is 25.5 Å². The van der Waals surface area contributed by atoms with E-state index in [-0.39, 0.29) is 23.8 Å². The van der Waals surface area contributed by atoms with Crippen molar-refractivity contribution >= 4 is 43.5 Å². The fraction of sp³-hybridized carbons (Fsp3) is 0.188. The van der Waals surface area contributed by atoms with Crippen LogP contribution in [0, 0.1) is 6.92 Å². The molecule has 7 nitrogen and oxygen atoms in total. The molecule has 1 atom stereocenters. The van der Waals surface area contributed by atoms with Gasteiger partial charge in [-0.1, -0.05) is 94.3 Å². The quantitative estimate of drug-likeness (QED) is 0.242. The molecule has 4 aromatic rings. The number of para-hydroxylation sites is 1. The number of nitrogens with zero attached hydrogens (tertiary/aromatic N) is 2. The van der Waals surface area contributed by atoms with E-state index < -0.39 is 28.5 Å². The number of hydrogen-bond donors (Lipinski definition) is 1. The molecule has 0 heterocycles. The molecular weight excluding hydrogens is 602 g/mol. The van der Waals surface area contributed by atoms with Crippen LogP contribution >= 0.6 is 15.9 Å². The number of sulfonamides is 1. The average Bonchev–Trinajstić information content (AvgIpc) is 2.99. The lowest BCUT2D eigenvalue weighted by Gasteiger charge is -2.33. The highest BCUT2D eigenvalue weighted by Crippen LogP contribution is 2.25. The maximum atomic E-state index is 14.2. The highest BCUT2D eigenvalue weighted by atomic mass is 79.9. The first-order valence-electron chi connectivity index (χ1n) is 13.1. The van der Waals surface area contributed by atoms with Crippen LogP contribution in [0.3, 0.4) is 0 Å². The second kappa shape index (κ2) is 13.6. The normalized spacial score (nSPS) is 11.9. The molecule has 41 heavy (non-hydrogen) atoms. The zero-order chi connectivity index (χ0) is 29.4. The van der Waals surface area contributed by atoms with Crippen molar-refractivity contribution < 1.29 is 18.0 Å². The Hall–Kier alpha value is -3.95. The summed E-state index contributed by atoms with van der Waals surface area (Å²) in [4.78, 5) is 29.0. The Morgan fingerprint density at radius 1 is 0.805 bits per heavy atom. The van der Waals surface area contributed by atoms with Gasteiger partial charge in [0, 0.05) is 24.5 Å². The second-order valence-corrected chi connectivity index (χ2v) is 12.4. The third kappa shape index (κ3) is 7.62. The van der Waals surface area contributed by atoms with Crippen LogP contribution in [0.4, 0.5) is 5.69 Å². The molecule has 0 spiro atoms. The van der Waals surface area contributed by atoms with Crippen LogP contribution in [-0.2, 0) is 32.6 Å². The summed E-state index contributed by atoms with van der Waals surface area (Å²) in [7, 11) is -2.58. The smallest absolute Gasteiger partial charge is 0.264 e. The molecule has 0 aliphatic carbocycles. The number of carbonyl (C=O) groups excluding carboxylic acids is 2. The average molecular weight is 635 g/mol. The molecule has 2 amide bonds. The van der Waals surface area contributed by atoms with Crippen LogP contribution < -0.4 is 9.62 Å². The van der Waals surface area contributed by atoms with Gasteiger partial charge in [-0.25, -0.2) is 8.42 Å². The minimum absolute atomic E-state index is 0.0753. The number of benzene rings is 4. The van der Waals surface area contributed by atoms with Gasteiger partial charge in [-0.15, -0.1) is 0 Å². The van der Waals surface area contributed by atoms with Gasteiger partial charge in [0.15, 0.2) is 0 Å². The predicted octanol–water partition coefficient (Wildman–Crippen LogP) is 5.34. The number of nitrogens with one attached hydrogen (secondary N) is 1. The van der Waals surface area contributed by atoms with E-state index in [1.807, 2.05) is 61.5 Å². The topological polar surface area (TPSA) is 86.8 Å². The monoisotopic (exact) mass is 633 g/mol.